The van der Waals surface area contributed by atoms with Crippen molar-refractivity contribution < 1.29 is 9.53 Å². The summed E-state index contributed by atoms with van der Waals surface area (Å²) in [7, 11) is 0. The van der Waals surface area contributed by atoms with Crippen molar-refractivity contribution >= 4 is 17.2 Å². The maximum Gasteiger partial charge on any atom is 0.228 e. The van der Waals surface area contributed by atoms with Crippen LogP contribution in [-0.2, 0) is 16.1 Å². The Kier molecular flexibility index (Phi) is 3.52. The fraction of sp³-hybridized carbons (Fsp3) is 0.688. The van der Waals surface area contributed by atoms with E-state index in [4.69, 9.17) is 4.74 Å². The second kappa shape index (κ2) is 5.38. The lowest BCUT2D eigenvalue weighted by Gasteiger charge is -2.49. The Bertz CT molecular complexity index is 504. The summed E-state index contributed by atoms with van der Waals surface area (Å²) >= 11 is 1.77. The highest BCUT2D eigenvalue weighted by atomic mass is 32.1. The monoisotopic (exact) mass is 306 g/mol. The molecule has 1 atom stereocenters. The van der Waals surface area contributed by atoms with E-state index in [0.29, 0.717) is 17.9 Å². The van der Waals surface area contributed by atoms with Crippen molar-refractivity contribution in [1.82, 2.24) is 9.80 Å². The second-order valence-electron chi connectivity index (χ2n) is 6.85. The van der Waals surface area contributed by atoms with Crippen LogP contribution >= 0.6 is 11.3 Å². The van der Waals surface area contributed by atoms with Gasteiger partial charge in [-0.1, -0.05) is 0 Å². The summed E-state index contributed by atoms with van der Waals surface area (Å²) in [6.45, 7) is 6.69. The van der Waals surface area contributed by atoms with E-state index < -0.39 is 0 Å². The highest BCUT2D eigenvalue weighted by Gasteiger charge is 2.50. The van der Waals surface area contributed by atoms with E-state index in [2.05, 4.69) is 26.6 Å². The zero-order valence-electron chi connectivity index (χ0n) is 12.3. The van der Waals surface area contributed by atoms with Gasteiger partial charge >= 0.3 is 0 Å². The molecule has 3 aliphatic rings. The fourth-order valence-corrected chi connectivity index (χ4v) is 4.63. The van der Waals surface area contributed by atoms with Crippen molar-refractivity contribution in [3.63, 3.8) is 0 Å². The van der Waals surface area contributed by atoms with Gasteiger partial charge in [0.1, 0.15) is 0 Å². The average Bonchev–Trinajstić information content (AvgIpc) is 3.18. The summed E-state index contributed by atoms with van der Waals surface area (Å²) in [6.07, 6.45) is 2.15. The van der Waals surface area contributed by atoms with Crippen molar-refractivity contribution in [2.75, 3.05) is 39.4 Å². The first-order valence-corrected chi connectivity index (χ1v) is 8.78. The molecule has 4 heterocycles. The van der Waals surface area contributed by atoms with E-state index in [-0.39, 0.29) is 5.92 Å². The van der Waals surface area contributed by atoms with Crippen LogP contribution in [0.1, 0.15) is 18.4 Å². The molecule has 1 amide bonds. The summed E-state index contributed by atoms with van der Waals surface area (Å²) in [5, 5.41) is 4.39. The Morgan fingerprint density at radius 2 is 2.33 bits per heavy atom. The van der Waals surface area contributed by atoms with Crippen LogP contribution in [0.5, 0.6) is 0 Å². The Hall–Kier alpha value is -0.910. The van der Waals surface area contributed by atoms with Crippen molar-refractivity contribution in [2.45, 2.75) is 19.4 Å². The maximum absolute atomic E-state index is 12.3. The lowest BCUT2D eigenvalue weighted by atomic mass is 9.78. The highest BCUT2D eigenvalue weighted by Crippen LogP contribution is 2.41. The molecule has 0 aliphatic carbocycles. The van der Waals surface area contributed by atoms with Crippen molar-refractivity contribution in [1.29, 1.82) is 0 Å². The van der Waals surface area contributed by atoms with E-state index in [1.54, 1.807) is 11.3 Å². The Morgan fingerprint density at radius 3 is 3.05 bits per heavy atom. The van der Waals surface area contributed by atoms with Crippen LogP contribution in [0.2, 0.25) is 0 Å². The van der Waals surface area contributed by atoms with Gasteiger partial charge in [0.2, 0.25) is 5.91 Å². The van der Waals surface area contributed by atoms with Gasteiger partial charge in [0, 0.05) is 38.2 Å². The summed E-state index contributed by atoms with van der Waals surface area (Å²) in [6, 6.07) is 2.21. The van der Waals surface area contributed by atoms with Crippen molar-refractivity contribution in [3.8, 4) is 0 Å². The van der Waals surface area contributed by atoms with Gasteiger partial charge in [-0.2, -0.15) is 11.3 Å². The molecule has 3 fully saturated rings. The first kappa shape index (κ1) is 13.7. The summed E-state index contributed by atoms with van der Waals surface area (Å²) in [5.74, 6) is 0.458. The quantitative estimate of drug-likeness (QED) is 0.854. The predicted octanol–water partition coefficient (Wildman–Crippen LogP) is 1.82. The van der Waals surface area contributed by atoms with Gasteiger partial charge in [0.25, 0.3) is 0 Å². The third-order valence-electron chi connectivity index (χ3n) is 5.15. The molecule has 0 radical (unpaired) electrons. The van der Waals surface area contributed by atoms with Crippen LogP contribution in [0.4, 0.5) is 0 Å². The van der Waals surface area contributed by atoms with E-state index in [0.717, 1.165) is 39.2 Å². The van der Waals surface area contributed by atoms with Crippen LogP contribution < -0.4 is 0 Å². The van der Waals surface area contributed by atoms with Crippen LogP contribution in [0.15, 0.2) is 16.8 Å². The van der Waals surface area contributed by atoms with Gasteiger partial charge in [-0.3, -0.25) is 9.69 Å². The maximum atomic E-state index is 12.3. The number of carbonyl (C=O) groups is 1. The van der Waals surface area contributed by atoms with Crippen LogP contribution in [0, 0.1) is 11.3 Å². The molecule has 0 bridgehead atoms. The molecule has 21 heavy (non-hydrogen) atoms. The van der Waals surface area contributed by atoms with Gasteiger partial charge < -0.3 is 9.64 Å². The number of thiophene rings is 1. The van der Waals surface area contributed by atoms with Gasteiger partial charge in [0.05, 0.1) is 12.5 Å². The Balaban J connectivity index is 1.29. The predicted molar refractivity (Wildman–Crippen MR) is 82.2 cm³/mol. The molecule has 1 spiro atoms. The molecular weight excluding hydrogens is 284 g/mol. The first-order valence-electron chi connectivity index (χ1n) is 7.84. The molecule has 5 heteroatoms. The minimum absolute atomic E-state index is 0.130. The normalized spacial score (nSPS) is 28.2. The number of nitrogens with zero attached hydrogens (tertiary/aromatic N) is 2. The van der Waals surface area contributed by atoms with Gasteiger partial charge in [-0.05, 0) is 41.8 Å². The largest absolute Gasteiger partial charge is 0.381 e. The number of likely N-dealkylation sites (tertiary alicyclic amines) is 2. The summed E-state index contributed by atoms with van der Waals surface area (Å²) in [5.41, 5.74) is 1.80. The van der Waals surface area contributed by atoms with Crippen LogP contribution in [0.3, 0.4) is 0 Å². The molecule has 0 N–H and O–H groups in total. The minimum atomic E-state index is 0.130. The fourth-order valence-electron chi connectivity index (χ4n) is 3.97. The first-order chi connectivity index (χ1) is 10.2. The molecule has 4 rings (SSSR count). The van der Waals surface area contributed by atoms with E-state index in [1.807, 2.05) is 0 Å². The number of hydrogen-bond acceptors (Lipinski definition) is 4. The van der Waals surface area contributed by atoms with Gasteiger partial charge in [-0.15, -0.1) is 0 Å². The molecule has 1 aromatic heterocycles. The third kappa shape index (κ3) is 2.62. The topological polar surface area (TPSA) is 32.8 Å². The Labute approximate surface area is 129 Å². The lowest BCUT2D eigenvalue weighted by Crippen LogP contribution is -2.60. The average molecular weight is 306 g/mol. The molecule has 4 nitrogen and oxygen atoms in total. The van der Waals surface area contributed by atoms with E-state index in [1.165, 1.54) is 18.5 Å². The van der Waals surface area contributed by atoms with Crippen LogP contribution in [0.25, 0.3) is 0 Å². The molecule has 1 unspecified atom stereocenters. The standard InChI is InChI=1S/C16H22N2O2S/c19-15(14-1-5-20-8-14)18-11-16(12-18)3-4-17(10-16)7-13-2-6-21-9-13/h2,6,9,14H,1,3-5,7-8,10-12H2. The van der Waals surface area contributed by atoms with Crippen molar-refractivity contribution in [3.05, 3.63) is 22.4 Å². The van der Waals surface area contributed by atoms with Gasteiger partial charge in [0.15, 0.2) is 0 Å². The number of carbonyl (C=O) groups excluding carboxylic acids is 1. The molecule has 3 saturated heterocycles. The lowest BCUT2D eigenvalue weighted by molar-refractivity contribution is -0.147. The number of amides is 1. The molecule has 0 aromatic carbocycles. The zero-order valence-corrected chi connectivity index (χ0v) is 13.1. The van der Waals surface area contributed by atoms with Crippen LogP contribution in [-0.4, -0.2) is 55.1 Å². The molecule has 114 valence electrons. The summed E-state index contributed by atoms with van der Waals surface area (Å²) in [4.78, 5) is 16.9. The highest BCUT2D eigenvalue weighted by molar-refractivity contribution is 7.07. The SMILES string of the molecule is O=C(C1CCOC1)N1CC2(CCN(Cc3ccsc3)C2)C1. The number of ether oxygens (including phenoxy) is 1. The molecular formula is C16H22N2O2S. The minimum Gasteiger partial charge on any atom is -0.381 e. The van der Waals surface area contributed by atoms with Crippen molar-refractivity contribution in [2.24, 2.45) is 11.3 Å². The van der Waals surface area contributed by atoms with E-state index in [9.17, 15) is 4.79 Å². The number of hydrogen-bond donors (Lipinski definition) is 0. The summed E-state index contributed by atoms with van der Waals surface area (Å²) < 4.78 is 5.34. The van der Waals surface area contributed by atoms with Gasteiger partial charge in [-0.25, -0.2) is 0 Å². The third-order valence-corrected chi connectivity index (χ3v) is 5.88. The molecule has 1 aromatic rings. The zero-order chi connectivity index (χ0) is 14.3. The smallest absolute Gasteiger partial charge is 0.228 e. The van der Waals surface area contributed by atoms with E-state index >= 15 is 0 Å². The molecule has 3 aliphatic heterocycles. The number of rotatable bonds is 3. The second-order valence-corrected chi connectivity index (χ2v) is 7.63. The molecule has 0 saturated carbocycles. The Morgan fingerprint density at radius 1 is 1.43 bits per heavy atom.